The second-order valence-corrected chi connectivity index (χ2v) is 3.98. The lowest BCUT2D eigenvalue weighted by Crippen LogP contribution is -2.09. The Morgan fingerprint density at radius 1 is 1.33 bits per heavy atom. The summed E-state index contributed by atoms with van der Waals surface area (Å²) in [6, 6.07) is 4.92. The van der Waals surface area contributed by atoms with E-state index < -0.39 is 18.2 Å². The molecule has 0 unspecified atom stereocenters. The number of benzene rings is 1. The topological polar surface area (TPSA) is 76.7 Å². The molecule has 1 N–H and O–H groups in total. The van der Waals surface area contributed by atoms with Crippen LogP contribution in [0.5, 0.6) is 5.75 Å². The van der Waals surface area contributed by atoms with E-state index >= 15 is 0 Å². The second-order valence-electron chi connectivity index (χ2n) is 3.98. The van der Waals surface area contributed by atoms with E-state index in [0.29, 0.717) is 16.9 Å². The standard InChI is InChI=1S/C13H12O5/c1-7-8(2)13(16)18-11-5-9(3-4-10(7)11)17-6-12(14)15/h3-5H,6H2,1-2H3,(H,14,15). The van der Waals surface area contributed by atoms with E-state index in [1.807, 2.05) is 6.92 Å². The summed E-state index contributed by atoms with van der Waals surface area (Å²) < 4.78 is 10.2. The van der Waals surface area contributed by atoms with Gasteiger partial charge in [-0.15, -0.1) is 0 Å². The molecule has 1 aromatic heterocycles. The number of ether oxygens (including phenoxy) is 1. The summed E-state index contributed by atoms with van der Waals surface area (Å²) in [5, 5.41) is 9.33. The Morgan fingerprint density at radius 2 is 2.06 bits per heavy atom. The highest BCUT2D eigenvalue weighted by Crippen LogP contribution is 2.23. The van der Waals surface area contributed by atoms with Gasteiger partial charge in [0.2, 0.25) is 0 Å². The third kappa shape index (κ3) is 2.20. The molecule has 94 valence electrons. The van der Waals surface area contributed by atoms with E-state index in [9.17, 15) is 9.59 Å². The Labute approximate surface area is 103 Å². The van der Waals surface area contributed by atoms with Crippen LogP contribution in [0.3, 0.4) is 0 Å². The Morgan fingerprint density at radius 3 is 2.72 bits per heavy atom. The van der Waals surface area contributed by atoms with Crippen molar-refractivity contribution in [2.75, 3.05) is 6.61 Å². The van der Waals surface area contributed by atoms with Crippen molar-refractivity contribution in [2.24, 2.45) is 0 Å². The molecule has 5 nitrogen and oxygen atoms in total. The van der Waals surface area contributed by atoms with Crippen LogP contribution in [0, 0.1) is 13.8 Å². The van der Waals surface area contributed by atoms with Gasteiger partial charge in [-0.05, 0) is 31.5 Å². The minimum absolute atomic E-state index is 0.358. The maximum Gasteiger partial charge on any atom is 0.341 e. The van der Waals surface area contributed by atoms with Crippen molar-refractivity contribution in [1.29, 1.82) is 0 Å². The molecule has 0 spiro atoms. The Bertz CT molecular complexity index is 669. The average molecular weight is 248 g/mol. The fraction of sp³-hybridized carbons (Fsp3) is 0.231. The van der Waals surface area contributed by atoms with E-state index in [2.05, 4.69) is 0 Å². The van der Waals surface area contributed by atoms with Crippen molar-refractivity contribution >= 4 is 16.9 Å². The van der Waals surface area contributed by atoms with Crippen molar-refractivity contribution in [2.45, 2.75) is 13.8 Å². The molecule has 0 amide bonds. The highest BCUT2D eigenvalue weighted by molar-refractivity contribution is 5.82. The zero-order chi connectivity index (χ0) is 13.3. The highest BCUT2D eigenvalue weighted by atomic mass is 16.5. The SMILES string of the molecule is Cc1c(C)c2ccc(OCC(=O)O)cc2oc1=O. The molecule has 0 bridgehead atoms. The van der Waals surface area contributed by atoms with Crippen molar-refractivity contribution in [3.63, 3.8) is 0 Å². The number of carbonyl (C=O) groups is 1. The molecule has 0 aliphatic heterocycles. The summed E-state index contributed by atoms with van der Waals surface area (Å²) in [7, 11) is 0. The molecule has 0 radical (unpaired) electrons. The molecule has 0 fully saturated rings. The first-order valence-corrected chi connectivity index (χ1v) is 5.37. The molecule has 0 aliphatic carbocycles. The predicted molar refractivity (Wildman–Crippen MR) is 65.1 cm³/mol. The van der Waals surface area contributed by atoms with Crippen LogP contribution in [0.2, 0.25) is 0 Å². The molecule has 1 heterocycles. The number of carboxylic acids is 1. The quantitative estimate of drug-likeness (QED) is 0.839. The third-order valence-electron chi connectivity index (χ3n) is 2.79. The third-order valence-corrected chi connectivity index (χ3v) is 2.79. The van der Waals surface area contributed by atoms with Gasteiger partial charge in [-0.1, -0.05) is 0 Å². The van der Waals surface area contributed by atoms with Gasteiger partial charge in [0, 0.05) is 17.0 Å². The monoisotopic (exact) mass is 248 g/mol. The maximum atomic E-state index is 11.5. The summed E-state index contributed by atoms with van der Waals surface area (Å²) in [4.78, 5) is 21.9. The number of hydrogen-bond acceptors (Lipinski definition) is 4. The number of fused-ring (bicyclic) bond motifs is 1. The number of aryl methyl sites for hydroxylation is 1. The summed E-state index contributed by atoms with van der Waals surface area (Å²) in [5.74, 6) is -0.701. The van der Waals surface area contributed by atoms with Gasteiger partial charge in [-0.2, -0.15) is 0 Å². The molecule has 0 aliphatic rings. The number of rotatable bonds is 3. The fourth-order valence-electron chi connectivity index (χ4n) is 1.66. The van der Waals surface area contributed by atoms with Crippen LogP contribution in [0.1, 0.15) is 11.1 Å². The Hall–Kier alpha value is -2.30. The van der Waals surface area contributed by atoms with E-state index in [1.54, 1.807) is 19.1 Å². The van der Waals surface area contributed by atoms with Crippen LogP contribution in [-0.2, 0) is 4.79 Å². The zero-order valence-corrected chi connectivity index (χ0v) is 10.0. The fourth-order valence-corrected chi connectivity index (χ4v) is 1.66. The van der Waals surface area contributed by atoms with Crippen LogP contribution in [0.25, 0.3) is 11.0 Å². The normalized spacial score (nSPS) is 10.6. The molecule has 0 saturated heterocycles. The molecular weight excluding hydrogens is 236 g/mol. The number of aliphatic carboxylic acids is 1. The van der Waals surface area contributed by atoms with Gasteiger partial charge < -0.3 is 14.3 Å². The lowest BCUT2D eigenvalue weighted by Gasteiger charge is -2.06. The van der Waals surface area contributed by atoms with Gasteiger partial charge >= 0.3 is 11.6 Å². The van der Waals surface area contributed by atoms with Crippen molar-refractivity contribution in [3.8, 4) is 5.75 Å². The van der Waals surface area contributed by atoms with Crippen LogP contribution in [-0.4, -0.2) is 17.7 Å². The van der Waals surface area contributed by atoms with Crippen molar-refractivity contribution in [1.82, 2.24) is 0 Å². The maximum absolute atomic E-state index is 11.5. The number of hydrogen-bond donors (Lipinski definition) is 1. The van der Waals surface area contributed by atoms with Gasteiger partial charge in [-0.25, -0.2) is 9.59 Å². The minimum Gasteiger partial charge on any atom is -0.482 e. The average Bonchev–Trinajstić information content (AvgIpc) is 2.33. The van der Waals surface area contributed by atoms with Gasteiger partial charge in [0.05, 0.1) is 0 Å². The van der Waals surface area contributed by atoms with E-state index in [-0.39, 0.29) is 0 Å². The minimum atomic E-state index is -1.06. The van der Waals surface area contributed by atoms with Crippen LogP contribution in [0.4, 0.5) is 0 Å². The molecule has 0 atom stereocenters. The van der Waals surface area contributed by atoms with E-state index in [0.717, 1.165) is 10.9 Å². The molecule has 2 rings (SSSR count). The van der Waals surface area contributed by atoms with Crippen LogP contribution >= 0.6 is 0 Å². The molecule has 1 aromatic carbocycles. The van der Waals surface area contributed by atoms with E-state index in [4.69, 9.17) is 14.3 Å². The van der Waals surface area contributed by atoms with Crippen molar-refractivity contribution < 1.29 is 19.1 Å². The van der Waals surface area contributed by atoms with Crippen LogP contribution in [0.15, 0.2) is 27.4 Å². The summed E-state index contributed by atoms with van der Waals surface area (Å²) in [5.41, 5.74) is 1.43. The zero-order valence-electron chi connectivity index (χ0n) is 10.0. The molecular formula is C13H12O5. The first kappa shape index (κ1) is 12.2. The Kier molecular flexibility index (Phi) is 3.06. The lowest BCUT2D eigenvalue weighted by molar-refractivity contribution is -0.139. The predicted octanol–water partition coefficient (Wildman–Crippen LogP) is 1.87. The summed E-state index contributed by atoms with van der Waals surface area (Å²) in [6.07, 6.45) is 0. The van der Waals surface area contributed by atoms with Gasteiger partial charge in [-0.3, -0.25) is 0 Å². The van der Waals surface area contributed by atoms with Gasteiger partial charge in [0.1, 0.15) is 11.3 Å². The molecule has 2 aromatic rings. The van der Waals surface area contributed by atoms with E-state index in [1.165, 1.54) is 6.07 Å². The highest BCUT2D eigenvalue weighted by Gasteiger charge is 2.08. The summed E-state index contributed by atoms with van der Waals surface area (Å²) >= 11 is 0. The first-order valence-electron chi connectivity index (χ1n) is 5.37. The van der Waals surface area contributed by atoms with Crippen molar-refractivity contribution in [3.05, 3.63) is 39.7 Å². The Balaban J connectivity index is 2.49. The van der Waals surface area contributed by atoms with Gasteiger partial charge in [0.25, 0.3) is 0 Å². The molecule has 18 heavy (non-hydrogen) atoms. The first-order chi connectivity index (χ1) is 8.49. The summed E-state index contributed by atoms with van der Waals surface area (Å²) in [6.45, 7) is 3.11. The van der Waals surface area contributed by atoms with Crippen LogP contribution < -0.4 is 10.4 Å². The smallest absolute Gasteiger partial charge is 0.341 e. The number of carboxylic acid groups (broad SMARTS) is 1. The molecule has 0 saturated carbocycles. The van der Waals surface area contributed by atoms with Gasteiger partial charge in [0.15, 0.2) is 6.61 Å². The lowest BCUT2D eigenvalue weighted by atomic mass is 10.1. The largest absolute Gasteiger partial charge is 0.482 e. The second kappa shape index (κ2) is 4.52. The molecule has 5 heteroatoms.